The molecule has 0 radical (unpaired) electrons. The first kappa shape index (κ1) is 16.3. The van der Waals surface area contributed by atoms with E-state index >= 15 is 0 Å². The molecule has 2 fully saturated rings. The number of hydrogen-bond donors (Lipinski definition) is 2. The van der Waals surface area contributed by atoms with E-state index in [1.165, 1.54) is 12.8 Å². The Morgan fingerprint density at radius 1 is 1.29 bits per heavy atom. The zero-order chi connectivity index (χ0) is 15.6. The SMILES string of the molecule is CCC(C1CC1)N1CC(NC(=O)C(C)C)CC(C(=O)O)C1. The maximum Gasteiger partial charge on any atom is 0.307 e. The van der Waals surface area contributed by atoms with E-state index in [2.05, 4.69) is 17.1 Å². The van der Waals surface area contributed by atoms with Crippen LogP contribution in [0.15, 0.2) is 0 Å². The van der Waals surface area contributed by atoms with E-state index in [0.29, 0.717) is 19.0 Å². The lowest BCUT2D eigenvalue weighted by molar-refractivity contribution is -0.145. The van der Waals surface area contributed by atoms with Crippen LogP contribution in [0.3, 0.4) is 0 Å². The lowest BCUT2D eigenvalue weighted by atomic mass is 9.91. The molecule has 1 amide bonds. The molecule has 2 rings (SSSR count). The molecule has 1 saturated carbocycles. The first-order chi connectivity index (χ1) is 9.92. The molecule has 120 valence electrons. The van der Waals surface area contributed by atoms with Crippen LogP contribution in [0.4, 0.5) is 0 Å². The van der Waals surface area contributed by atoms with Crippen LogP contribution in [-0.4, -0.2) is 47.1 Å². The summed E-state index contributed by atoms with van der Waals surface area (Å²) in [7, 11) is 0. The molecule has 0 bridgehead atoms. The number of carboxylic acids is 1. The minimum atomic E-state index is -0.742. The second kappa shape index (κ2) is 6.77. The van der Waals surface area contributed by atoms with Gasteiger partial charge in [-0.05, 0) is 31.6 Å². The number of hydrogen-bond acceptors (Lipinski definition) is 3. The fraction of sp³-hybridized carbons (Fsp3) is 0.875. The average molecular weight is 296 g/mol. The number of aliphatic carboxylic acids is 1. The molecule has 2 N–H and O–H groups in total. The van der Waals surface area contributed by atoms with Gasteiger partial charge in [0.2, 0.25) is 5.91 Å². The van der Waals surface area contributed by atoms with Gasteiger partial charge in [0.15, 0.2) is 0 Å². The molecule has 1 aliphatic heterocycles. The number of carbonyl (C=O) groups excluding carboxylic acids is 1. The van der Waals surface area contributed by atoms with Gasteiger partial charge in [0.05, 0.1) is 5.92 Å². The van der Waals surface area contributed by atoms with Crippen LogP contribution in [0.2, 0.25) is 0 Å². The van der Waals surface area contributed by atoms with Crippen molar-refractivity contribution < 1.29 is 14.7 Å². The van der Waals surface area contributed by atoms with Crippen molar-refractivity contribution in [3.05, 3.63) is 0 Å². The van der Waals surface area contributed by atoms with Crippen molar-refractivity contribution in [2.24, 2.45) is 17.8 Å². The third kappa shape index (κ3) is 4.19. The van der Waals surface area contributed by atoms with Crippen LogP contribution in [-0.2, 0) is 9.59 Å². The number of nitrogens with one attached hydrogen (secondary N) is 1. The molecule has 5 nitrogen and oxygen atoms in total. The van der Waals surface area contributed by atoms with Crippen molar-refractivity contribution in [3.8, 4) is 0 Å². The predicted octanol–water partition coefficient (Wildman–Crippen LogP) is 1.72. The van der Waals surface area contributed by atoms with Crippen LogP contribution < -0.4 is 5.32 Å². The summed E-state index contributed by atoms with van der Waals surface area (Å²) in [5, 5.41) is 12.4. The summed E-state index contributed by atoms with van der Waals surface area (Å²) >= 11 is 0. The van der Waals surface area contributed by atoms with Gasteiger partial charge in [0.25, 0.3) is 0 Å². The van der Waals surface area contributed by atoms with Gasteiger partial charge < -0.3 is 10.4 Å². The van der Waals surface area contributed by atoms with Gasteiger partial charge in [-0.2, -0.15) is 0 Å². The molecule has 0 spiro atoms. The Bertz CT molecular complexity index is 393. The van der Waals surface area contributed by atoms with Gasteiger partial charge in [-0.15, -0.1) is 0 Å². The van der Waals surface area contributed by atoms with E-state index in [1.807, 2.05) is 13.8 Å². The molecule has 3 unspecified atom stereocenters. The maximum absolute atomic E-state index is 11.9. The summed E-state index contributed by atoms with van der Waals surface area (Å²) in [6.45, 7) is 7.32. The van der Waals surface area contributed by atoms with E-state index < -0.39 is 5.97 Å². The van der Waals surface area contributed by atoms with Crippen LogP contribution in [0.1, 0.15) is 46.5 Å². The topological polar surface area (TPSA) is 69.6 Å². The molecule has 2 aliphatic rings. The van der Waals surface area contributed by atoms with E-state index in [9.17, 15) is 14.7 Å². The van der Waals surface area contributed by atoms with Crippen LogP contribution in [0.25, 0.3) is 0 Å². The first-order valence-electron chi connectivity index (χ1n) is 8.19. The molecule has 0 aromatic heterocycles. The molecule has 1 heterocycles. The second-order valence-electron chi connectivity index (χ2n) is 6.90. The number of piperidine rings is 1. The fourth-order valence-corrected chi connectivity index (χ4v) is 3.43. The van der Waals surface area contributed by atoms with E-state index in [1.54, 1.807) is 0 Å². The Kier molecular flexibility index (Phi) is 5.25. The largest absolute Gasteiger partial charge is 0.481 e. The van der Waals surface area contributed by atoms with Crippen molar-refractivity contribution in [2.45, 2.75) is 58.5 Å². The molecular formula is C16H28N2O3. The number of rotatable bonds is 6. The third-order valence-corrected chi connectivity index (χ3v) is 4.75. The second-order valence-corrected chi connectivity index (χ2v) is 6.90. The predicted molar refractivity (Wildman–Crippen MR) is 80.9 cm³/mol. The molecule has 0 aromatic rings. The van der Waals surface area contributed by atoms with Crippen molar-refractivity contribution in [3.63, 3.8) is 0 Å². The zero-order valence-electron chi connectivity index (χ0n) is 13.3. The zero-order valence-corrected chi connectivity index (χ0v) is 13.3. The molecule has 1 aliphatic carbocycles. The highest BCUT2D eigenvalue weighted by atomic mass is 16.4. The fourth-order valence-electron chi connectivity index (χ4n) is 3.43. The van der Waals surface area contributed by atoms with Gasteiger partial charge in [0.1, 0.15) is 0 Å². The van der Waals surface area contributed by atoms with Crippen molar-refractivity contribution in [2.75, 3.05) is 13.1 Å². The highest BCUT2D eigenvalue weighted by molar-refractivity contribution is 5.78. The van der Waals surface area contributed by atoms with E-state index in [-0.39, 0.29) is 23.8 Å². The summed E-state index contributed by atoms with van der Waals surface area (Å²) < 4.78 is 0. The van der Waals surface area contributed by atoms with Gasteiger partial charge in [0, 0.05) is 31.1 Å². The number of carboxylic acid groups (broad SMARTS) is 1. The summed E-state index contributed by atoms with van der Waals surface area (Å²) in [6.07, 6.45) is 4.12. The number of carbonyl (C=O) groups is 2. The molecule has 5 heteroatoms. The average Bonchev–Trinajstić information content (AvgIpc) is 3.23. The normalized spacial score (nSPS) is 28.4. The summed E-state index contributed by atoms with van der Waals surface area (Å²) in [5.41, 5.74) is 0. The Morgan fingerprint density at radius 2 is 1.95 bits per heavy atom. The Balaban J connectivity index is 2.03. The van der Waals surface area contributed by atoms with E-state index in [4.69, 9.17) is 0 Å². The minimum absolute atomic E-state index is 0.0189. The first-order valence-corrected chi connectivity index (χ1v) is 8.19. The smallest absolute Gasteiger partial charge is 0.307 e. The van der Waals surface area contributed by atoms with Crippen molar-refractivity contribution in [1.82, 2.24) is 10.2 Å². The standard InChI is InChI=1S/C16H28N2O3/c1-4-14(11-5-6-11)18-8-12(16(20)21)7-13(9-18)17-15(19)10(2)3/h10-14H,4-9H2,1-3H3,(H,17,19)(H,20,21). The van der Waals surface area contributed by atoms with Gasteiger partial charge >= 0.3 is 5.97 Å². The van der Waals surface area contributed by atoms with Crippen LogP contribution in [0, 0.1) is 17.8 Å². The highest BCUT2D eigenvalue weighted by Crippen LogP contribution is 2.38. The molecule has 21 heavy (non-hydrogen) atoms. The lowest BCUT2D eigenvalue weighted by Crippen LogP contribution is -2.56. The molecule has 1 saturated heterocycles. The summed E-state index contributed by atoms with van der Waals surface area (Å²) in [4.78, 5) is 25.6. The Morgan fingerprint density at radius 3 is 2.43 bits per heavy atom. The molecular weight excluding hydrogens is 268 g/mol. The number of likely N-dealkylation sites (tertiary alicyclic amines) is 1. The van der Waals surface area contributed by atoms with Crippen molar-refractivity contribution in [1.29, 1.82) is 0 Å². The summed E-state index contributed by atoms with van der Waals surface area (Å²) in [6, 6.07) is 0.438. The van der Waals surface area contributed by atoms with Gasteiger partial charge in [-0.3, -0.25) is 14.5 Å². The Hall–Kier alpha value is -1.10. The van der Waals surface area contributed by atoms with Crippen LogP contribution >= 0.6 is 0 Å². The van der Waals surface area contributed by atoms with Gasteiger partial charge in [-0.1, -0.05) is 20.8 Å². The molecule has 3 atom stereocenters. The maximum atomic E-state index is 11.9. The number of amides is 1. The van der Waals surface area contributed by atoms with Gasteiger partial charge in [-0.25, -0.2) is 0 Å². The van der Waals surface area contributed by atoms with Crippen LogP contribution in [0.5, 0.6) is 0 Å². The van der Waals surface area contributed by atoms with Crippen molar-refractivity contribution >= 4 is 11.9 Å². The highest BCUT2D eigenvalue weighted by Gasteiger charge is 2.40. The van der Waals surface area contributed by atoms with E-state index in [0.717, 1.165) is 18.9 Å². The third-order valence-electron chi connectivity index (χ3n) is 4.75. The Labute approximate surface area is 127 Å². The lowest BCUT2D eigenvalue weighted by Gasteiger charge is -2.41. The monoisotopic (exact) mass is 296 g/mol. The minimum Gasteiger partial charge on any atom is -0.481 e. The number of nitrogens with zero attached hydrogens (tertiary/aromatic N) is 1. The molecule has 0 aromatic carbocycles. The quantitative estimate of drug-likeness (QED) is 0.783. The summed E-state index contributed by atoms with van der Waals surface area (Å²) in [5.74, 6) is -0.429.